The fourth-order valence-electron chi connectivity index (χ4n) is 3.66. The third-order valence-corrected chi connectivity index (χ3v) is 5.27. The highest BCUT2D eigenvalue weighted by Gasteiger charge is 2.23. The summed E-state index contributed by atoms with van der Waals surface area (Å²) in [5.41, 5.74) is 2.92. The lowest BCUT2D eigenvalue weighted by Gasteiger charge is -2.24. The van der Waals surface area contributed by atoms with Crippen molar-refractivity contribution >= 4 is 0 Å². The van der Waals surface area contributed by atoms with Crippen molar-refractivity contribution in [2.45, 2.75) is 39.3 Å². The molecule has 1 atom stereocenters. The smallest absolute Gasteiger partial charge is 0.222 e. The predicted molar refractivity (Wildman–Crippen MR) is 124 cm³/mol. The van der Waals surface area contributed by atoms with Crippen molar-refractivity contribution in [2.75, 3.05) is 20.2 Å². The number of nitrogens with zero attached hydrogens (tertiary/aromatic N) is 3. The lowest BCUT2D eigenvalue weighted by atomic mass is 10.1. The number of benzene rings is 2. The van der Waals surface area contributed by atoms with Crippen molar-refractivity contribution in [2.24, 2.45) is 7.05 Å². The van der Waals surface area contributed by atoms with Gasteiger partial charge in [-0.2, -0.15) is 5.10 Å². The maximum absolute atomic E-state index is 10.3. The highest BCUT2D eigenvalue weighted by atomic mass is 16.5. The van der Waals surface area contributed by atoms with Crippen molar-refractivity contribution in [3.63, 3.8) is 0 Å². The summed E-state index contributed by atoms with van der Waals surface area (Å²) in [5, 5.41) is 15.1. The van der Waals surface area contributed by atoms with E-state index in [0.29, 0.717) is 30.5 Å². The Morgan fingerprint density at radius 2 is 1.71 bits per heavy atom. The summed E-state index contributed by atoms with van der Waals surface area (Å²) in [7, 11) is 3.53. The largest absolute Gasteiger partial charge is 0.493 e. The van der Waals surface area contributed by atoms with E-state index < -0.39 is 0 Å². The number of hydrogen-bond donors (Lipinski definition) is 1. The molecule has 0 fully saturated rings. The first-order valence-corrected chi connectivity index (χ1v) is 10.9. The van der Waals surface area contributed by atoms with Gasteiger partial charge in [-0.25, -0.2) is 4.68 Å². The summed E-state index contributed by atoms with van der Waals surface area (Å²) in [6.45, 7) is 6.28. The predicted octanol–water partition coefficient (Wildman–Crippen LogP) is 4.87. The number of methoxy groups -OCH3 is 1. The minimum Gasteiger partial charge on any atom is -0.493 e. The van der Waals surface area contributed by atoms with E-state index in [-0.39, 0.29) is 6.10 Å². The Labute approximate surface area is 185 Å². The molecule has 2 aromatic carbocycles. The van der Waals surface area contributed by atoms with Crippen LogP contribution in [0.2, 0.25) is 0 Å². The molecular formula is C25H33N3O3. The summed E-state index contributed by atoms with van der Waals surface area (Å²) in [6.07, 6.45) is 1.37. The molecule has 0 aliphatic rings. The van der Waals surface area contributed by atoms with E-state index in [4.69, 9.17) is 14.6 Å². The molecule has 0 amide bonds. The molecule has 0 saturated carbocycles. The van der Waals surface area contributed by atoms with Crippen LogP contribution in [-0.2, 0) is 13.6 Å². The van der Waals surface area contributed by atoms with Crippen LogP contribution in [0.25, 0.3) is 11.3 Å². The van der Waals surface area contributed by atoms with Crippen LogP contribution in [0.3, 0.4) is 0 Å². The van der Waals surface area contributed by atoms with E-state index in [2.05, 4.69) is 24.0 Å². The van der Waals surface area contributed by atoms with Gasteiger partial charge in [-0.05, 0) is 31.5 Å². The molecule has 0 bridgehead atoms. The van der Waals surface area contributed by atoms with Gasteiger partial charge in [-0.15, -0.1) is 0 Å². The first-order valence-electron chi connectivity index (χ1n) is 10.9. The van der Waals surface area contributed by atoms with Gasteiger partial charge in [-0.1, -0.05) is 56.3 Å². The van der Waals surface area contributed by atoms with Gasteiger partial charge < -0.3 is 14.6 Å². The normalized spacial score (nSPS) is 12.2. The zero-order valence-corrected chi connectivity index (χ0v) is 18.9. The Hall–Kier alpha value is -2.83. The monoisotopic (exact) mass is 423 g/mol. The van der Waals surface area contributed by atoms with Crippen molar-refractivity contribution in [1.29, 1.82) is 0 Å². The van der Waals surface area contributed by atoms with E-state index in [1.165, 1.54) is 0 Å². The zero-order chi connectivity index (χ0) is 22.2. The topological polar surface area (TPSA) is 59.8 Å². The average Bonchev–Trinajstić information content (AvgIpc) is 3.09. The van der Waals surface area contributed by atoms with Crippen molar-refractivity contribution in [3.8, 4) is 28.6 Å². The summed E-state index contributed by atoms with van der Waals surface area (Å²) in [5.74, 6) is 1.99. The van der Waals surface area contributed by atoms with E-state index >= 15 is 0 Å². The third-order valence-electron chi connectivity index (χ3n) is 5.27. The second-order valence-corrected chi connectivity index (χ2v) is 7.67. The number of aliphatic hydroxyl groups is 1. The average molecular weight is 424 g/mol. The quantitative estimate of drug-likeness (QED) is 0.477. The van der Waals surface area contributed by atoms with Crippen molar-refractivity contribution in [3.05, 3.63) is 60.2 Å². The minimum atomic E-state index is -0.359. The van der Waals surface area contributed by atoms with Crippen molar-refractivity contribution < 1.29 is 14.6 Å². The maximum Gasteiger partial charge on any atom is 0.222 e. The van der Waals surface area contributed by atoms with Gasteiger partial charge in [0.1, 0.15) is 5.69 Å². The van der Waals surface area contributed by atoms with E-state index in [9.17, 15) is 5.11 Å². The molecule has 1 aromatic heterocycles. The second-order valence-electron chi connectivity index (χ2n) is 7.67. The molecule has 0 unspecified atom stereocenters. The number of hydrogen-bond acceptors (Lipinski definition) is 5. The van der Waals surface area contributed by atoms with Gasteiger partial charge in [0, 0.05) is 25.7 Å². The molecule has 6 heteroatoms. The first-order chi connectivity index (χ1) is 15.1. The molecular weight excluding hydrogens is 390 g/mol. The third kappa shape index (κ3) is 5.66. The minimum absolute atomic E-state index is 0.359. The number of aromatic nitrogens is 2. The van der Waals surface area contributed by atoms with Gasteiger partial charge >= 0.3 is 0 Å². The Kier molecular flexibility index (Phi) is 8.09. The van der Waals surface area contributed by atoms with Crippen LogP contribution in [0.15, 0.2) is 54.6 Å². The summed E-state index contributed by atoms with van der Waals surface area (Å²) in [6, 6.07) is 17.8. The molecule has 166 valence electrons. The summed E-state index contributed by atoms with van der Waals surface area (Å²) >= 11 is 0. The SMILES string of the molecule is CCCN(Cc1c(-c2ccccc2)nn(C)c1Oc1ccccc1OC)C[C@H](O)CC. The highest BCUT2D eigenvalue weighted by molar-refractivity contribution is 5.65. The molecule has 0 saturated heterocycles. The number of rotatable bonds is 11. The molecule has 31 heavy (non-hydrogen) atoms. The first kappa shape index (κ1) is 22.8. The number of aliphatic hydroxyl groups excluding tert-OH is 1. The van der Waals surface area contributed by atoms with Crippen molar-refractivity contribution in [1.82, 2.24) is 14.7 Å². The number of ether oxygens (including phenoxy) is 2. The van der Waals surface area contributed by atoms with Crippen LogP contribution < -0.4 is 9.47 Å². The van der Waals surface area contributed by atoms with Gasteiger partial charge in [0.25, 0.3) is 0 Å². The fraction of sp³-hybridized carbons (Fsp3) is 0.400. The van der Waals surface area contributed by atoms with Crippen LogP contribution in [0, 0.1) is 0 Å². The van der Waals surface area contributed by atoms with Gasteiger partial charge in [0.05, 0.1) is 18.8 Å². The number of aryl methyl sites for hydroxylation is 1. The molecule has 0 radical (unpaired) electrons. The van der Waals surface area contributed by atoms with Crippen LogP contribution >= 0.6 is 0 Å². The van der Waals surface area contributed by atoms with Crippen LogP contribution in [0.5, 0.6) is 17.4 Å². The lowest BCUT2D eigenvalue weighted by Crippen LogP contribution is -2.32. The Bertz CT molecular complexity index is 956. The highest BCUT2D eigenvalue weighted by Crippen LogP contribution is 2.37. The van der Waals surface area contributed by atoms with Crippen LogP contribution in [-0.4, -0.2) is 46.1 Å². The maximum atomic E-state index is 10.3. The Morgan fingerprint density at radius 1 is 1.03 bits per heavy atom. The number of para-hydroxylation sites is 2. The van der Waals surface area contributed by atoms with E-state index in [1.807, 2.05) is 56.4 Å². The Balaban J connectivity index is 2.04. The molecule has 3 aromatic rings. The van der Waals surface area contributed by atoms with E-state index in [1.54, 1.807) is 11.8 Å². The standard InChI is InChI=1S/C25H33N3O3/c1-5-16-28(17-20(29)6-2)18-21-24(19-12-8-7-9-13-19)26-27(3)25(21)31-23-15-11-10-14-22(23)30-4/h7-15,20,29H,5-6,16-18H2,1-4H3/t20-/m1/s1. The Morgan fingerprint density at radius 3 is 2.35 bits per heavy atom. The van der Waals surface area contributed by atoms with Gasteiger partial charge in [-0.3, -0.25) is 4.90 Å². The summed E-state index contributed by atoms with van der Waals surface area (Å²) < 4.78 is 13.6. The van der Waals surface area contributed by atoms with Gasteiger partial charge in [0.15, 0.2) is 11.5 Å². The zero-order valence-electron chi connectivity index (χ0n) is 18.9. The molecule has 0 aliphatic carbocycles. The van der Waals surface area contributed by atoms with E-state index in [0.717, 1.165) is 36.2 Å². The second kappa shape index (κ2) is 11.0. The molecule has 3 rings (SSSR count). The van der Waals surface area contributed by atoms with Crippen LogP contribution in [0.4, 0.5) is 0 Å². The lowest BCUT2D eigenvalue weighted by molar-refractivity contribution is 0.105. The summed E-state index contributed by atoms with van der Waals surface area (Å²) in [4.78, 5) is 2.27. The van der Waals surface area contributed by atoms with Gasteiger partial charge in [0.2, 0.25) is 5.88 Å². The van der Waals surface area contributed by atoms with Crippen LogP contribution in [0.1, 0.15) is 32.3 Å². The molecule has 0 aliphatic heterocycles. The molecule has 1 heterocycles. The molecule has 0 spiro atoms. The molecule has 6 nitrogen and oxygen atoms in total. The fourth-order valence-corrected chi connectivity index (χ4v) is 3.66. The molecule has 1 N–H and O–H groups in total.